The second-order valence-electron chi connectivity index (χ2n) is 4.61. The van der Waals surface area contributed by atoms with Crippen molar-refractivity contribution in [2.24, 2.45) is 0 Å². The van der Waals surface area contributed by atoms with Gasteiger partial charge in [-0.2, -0.15) is 0 Å². The van der Waals surface area contributed by atoms with E-state index in [1.165, 1.54) is 12.1 Å². The summed E-state index contributed by atoms with van der Waals surface area (Å²) >= 11 is 0. The minimum atomic E-state index is -0.253. The van der Waals surface area contributed by atoms with E-state index in [-0.39, 0.29) is 23.9 Å². The highest BCUT2D eigenvalue weighted by atomic mass is 19.1. The first-order chi connectivity index (χ1) is 8.67. The number of hydrogen-bond acceptors (Lipinski definition) is 2. The Morgan fingerprint density at radius 1 is 1.33 bits per heavy atom. The smallest absolute Gasteiger partial charge is 0.238 e. The lowest BCUT2D eigenvalue weighted by Gasteiger charge is -2.31. The Balaban J connectivity index is 2.26. The van der Waals surface area contributed by atoms with Crippen molar-refractivity contribution in [2.45, 2.75) is 38.9 Å². The summed E-state index contributed by atoms with van der Waals surface area (Å²) in [5, 5.41) is 3.20. The molecule has 1 aliphatic heterocycles. The van der Waals surface area contributed by atoms with Crippen molar-refractivity contribution in [3.8, 4) is 0 Å². The Bertz CT molecular complexity index is 414. The largest absolute Gasteiger partial charge is 0.319 e. The number of nitrogens with one attached hydrogen (secondary N) is 1. The monoisotopic (exact) mass is 250 g/mol. The summed E-state index contributed by atoms with van der Waals surface area (Å²) in [6, 6.07) is 6.58. The third-order valence-corrected chi connectivity index (χ3v) is 3.53. The van der Waals surface area contributed by atoms with Gasteiger partial charge in [-0.3, -0.25) is 10.1 Å². The minimum Gasteiger partial charge on any atom is -0.319 e. The quantitative estimate of drug-likeness (QED) is 0.890. The van der Waals surface area contributed by atoms with Crippen LogP contribution in [0, 0.1) is 5.82 Å². The zero-order valence-electron chi connectivity index (χ0n) is 10.8. The van der Waals surface area contributed by atoms with E-state index in [1.807, 2.05) is 4.90 Å². The standard InChI is InChI=1S/C14H19FN2O/c1-3-12(4-2)17-13(18)9-16-14(17)10-5-7-11(15)8-6-10/h5-8,12,14,16H,3-4,9H2,1-2H3. The Morgan fingerprint density at radius 3 is 2.50 bits per heavy atom. The first kappa shape index (κ1) is 13.0. The summed E-state index contributed by atoms with van der Waals surface area (Å²) in [6.45, 7) is 4.53. The van der Waals surface area contributed by atoms with Crippen molar-refractivity contribution in [3.05, 3.63) is 35.6 Å². The molecule has 1 aliphatic rings. The Morgan fingerprint density at radius 2 is 1.94 bits per heavy atom. The number of rotatable bonds is 4. The van der Waals surface area contributed by atoms with Crippen LogP contribution in [0.5, 0.6) is 0 Å². The highest BCUT2D eigenvalue weighted by Crippen LogP contribution is 2.27. The predicted octanol–water partition coefficient (Wildman–Crippen LogP) is 2.44. The number of carbonyl (C=O) groups excluding carboxylic acids is 1. The first-order valence-electron chi connectivity index (χ1n) is 6.47. The molecule has 1 heterocycles. The molecule has 1 aromatic carbocycles. The van der Waals surface area contributed by atoms with Crippen molar-refractivity contribution < 1.29 is 9.18 Å². The molecule has 1 fully saturated rings. The van der Waals surface area contributed by atoms with Gasteiger partial charge in [0.15, 0.2) is 0 Å². The highest BCUT2D eigenvalue weighted by Gasteiger charge is 2.35. The molecule has 0 bridgehead atoms. The van der Waals surface area contributed by atoms with E-state index in [9.17, 15) is 9.18 Å². The van der Waals surface area contributed by atoms with Gasteiger partial charge in [0.25, 0.3) is 0 Å². The lowest BCUT2D eigenvalue weighted by molar-refractivity contribution is -0.130. The van der Waals surface area contributed by atoms with Crippen LogP contribution >= 0.6 is 0 Å². The normalized spacial score (nSPS) is 19.9. The Labute approximate surface area is 107 Å². The fourth-order valence-corrected chi connectivity index (χ4v) is 2.54. The second-order valence-corrected chi connectivity index (χ2v) is 4.61. The predicted molar refractivity (Wildman–Crippen MR) is 68.4 cm³/mol. The number of amides is 1. The number of hydrogen-bond donors (Lipinski definition) is 1. The van der Waals surface area contributed by atoms with Crippen molar-refractivity contribution in [1.29, 1.82) is 0 Å². The van der Waals surface area contributed by atoms with Crippen molar-refractivity contribution >= 4 is 5.91 Å². The number of carbonyl (C=O) groups is 1. The molecule has 1 unspecified atom stereocenters. The van der Waals surface area contributed by atoms with Crippen LogP contribution in [0.25, 0.3) is 0 Å². The highest BCUT2D eigenvalue weighted by molar-refractivity contribution is 5.81. The molecule has 4 heteroatoms. The van der Waals surface area contributed by atoms with Gasteiger partial charge in [0.1, 0.15) is 12.0 Å². The van der Waals surface area contributed by atoms with E-state index in [0.29, 0.717) is 6.54 Å². The molecule has 2 rings (SSSR count). The molecule has 1 amide bonds. The Hall–Kier alpha value is -1.42. The second kappa shape index (κ2) is 5.48. The Kier molecular flexibility index (Phi) is 3.97. The van der Waals surface area contributed by atoms with Gasteiger partial charge in [0.2, 0.25) is 5.91 Å². The average Bonchev–Trinajstić information content (AvgIpc) is 2.75. The van der Waals surface area contributed by atoms with Crippen LogP contribution in [0.15, 0.2) is 24.3 Å². The molecule has 0 aromatic heterocycles. The summed E-state index contributed by atoms with van der Waals surface area (Å²) in [6.07, 6.45) is 1.74. The summed E-state index contributed by atoms with van der Waals surface area (Å²) in [7, 11) is 0. The van der Waals surface area contributed by atoms with E-state index in [4.69, 9.17) is 0 Å². The van der Waals surface area contributed by atoms with Crippen molar-refractivity contribution in [1.82, 2.24) is 10.2 Å². The van der Waals surface area contributed by atoms with Gasteiger partial charge in [-0.1, -0.05) is 26.0 Å². The van der Waals surface area contributed by atoms with Crippen molar-refractivity contribution in [2.75, 3.05) is 6.54 Å². The van der Waals surface area contributed by atoms with E-state index < -0.39 is 0 Å². The molecule has 0 spiro atoms. The summed E-state index contributed by atoms with van der Waals surface area (Å²) in [5.41, 5.74) is 0.939. The molecule has 18 heavy (non-hydrogen) atoms. The fraction of sp³-hybridized carbons (Fsp3) is 0.500. The molecule has 0 radical (unpaired) electrons. The molecule has 0 saturated carbocycles. The number of nitrogens with zero attached hydrogens (tertiary/aromatic N) is 1. The third-order valence-electron chi connectivity index (χ3n) is 3.53. The topological polar surface area (TPSA) is 32.3 Å². The molecule has 98 valence electrons. The van der Waals surface area contributed by atoms with Crippen LogP contribution in [0.1, 0.15) is 38.4 Å². The number of halogens is 1. The maximum absolute atomic E-state index is 12.9. The molecular formula is C14H19FN2O. The zero-order valence-corrected chi connectivity index (χ0v) is 10.8. The molecule has 1 aromatic rings. The maximum Gasteiger partial charge on any atom is 0.238 e. The maximum atomic E-state index is 12.9. The van der Waals surface area contributed by atoms with Gasteiger partial charge in [-0.05, 0) is 30.5 Å². The average molecular weight is 250 g/mol. The van der Waals surface area contributed by atoms with Crippen molar-refractivity contribution in [3.63, 3.8) is 0 Å². The number of benzene rings is 1. The fourth-order valence-electron chi connectivity index (χ4n) is 2.54. The first-order valence-corrected chi connectivity index (χ1v) is 6.47. The lowest BCUT2D eigenvalue weighted by Crippen LogP contribution is -2.39. The van der Waals surface area contributed by atoms with Gasteiger partial charge >= 0.3 is 0 Å². The summed E-state index contributed by atoms with van der Waals surface area (Å²) < 4.78 is 12.9. The van der Waals surface area contributed by atoms with Gasteiger partial charge in [0.05, 0.1) is 6.54 Å². The third kappa shape index (κ3) is 2.38. The summed E-state index contributed by atoms with van der Waals surface area (Å²) in [4.78, 5) is 13.9. The minimum absolute atomic E-state index is 0.122. The van der Waals surface area contributed by atoms with E-state index in [2.05, 4.69) is 19.2 Å². The van der Waals surface area contributed by atoms with Crippen LogP contribution < -0.4 is 5.32 Å². The molecule has 1 N–H and O–H groups in total. The van der Waals surface area contributed by atoms with E-state index in [0.717, 1.165) is 18.4 Å². The lowest BCUT2D eigenvalue weighted by atomic mass is 10.1. The van der Waals surface area contributed by atoms with Crippen LogP contribution in [-0.4, -0.2) is 23.4 Å². The van der Waals surface area contributed by atoms with Gasteiger partial charge < -0.3 is 4.90 Å². The van der Waals surface area contributed by atoms with E-state index in [1.54, 1.807) is 12.1 Å². The van der Waals surface area contributed by atoms with E-state index >= 15 is 0 Å². The van der Waals surface area contributed by atoms with Crippen LogP contribution in [0.2, 0.25) is 0 Å². The van der Waals surface area contributed by atoms with Crippen LogP contribution in [0.4, 0.5) is 4.39 Å². The molecule has 3 nitrogen and oxygen atoms in total. The van der Waals surface area contributed by atoms with Crippen LogP contribution in [0.3, 0.4) is 0 Å². The molecular weight excluding hydrogens is 231 g/mol. The summed E-state index contributed by atoms with van der Waals surface area (Å²) in [5.74, 6) is -0.129. The zero-order chi connectivity index (χ0) is 13.1. The molecule has 1 atom stereocenters. The van der Waals surface area contributed by atoms with Crippen LogP contribution in [-0.2, 0) is 4.79 Å². The van der Waals surface area contributed by atoms with Gasteiger partial charge in [-0.25, -0.2) is 4.39 Å². The van der Waals surface area contributed by atoms with Gasteiger partial charge in [-0.15, -0.1) is 0 Å². The molecule has 1 saturated heterocycles. The molecule has 0 aliphatic carbocycles. The van der Waals surface area contributed by atoms with Gasteiger partial charge in [0, 0.05) is 6.04 Å². The SMILES string of the molecule is CCC(CC)N1C(=O)CNC1c1ccc(F)cc1.